The molecule has 0 bridgehead atoms. The Hall–Kier alpha value is -0.0800. The van der Waals surface area contributed by atoms with Crippen molar-refractivity contribution in [3.8, 4) is 0 Å². The molecule has 0 heterocycles. The van der Waals surface area contributed by atoms with E-state index in [1.54, 1.807) is 0 Å². The molecule has 2 aliphatic rings. The first-order valence-electron chi connectivity index (χ1n) is 7.98. The summed E-state index contributed by atoms with van der Waals surface area (Å²) in [6, 6.07) is 0. The van der Waals surface area contributed by atoms with E-state index in [1.807, 2.05) is 0 Å². The van der Waals surface area contributed by atoms with Gasteiger partial charge >= 0.3 is 0 Å². The fourth-order valence-corrected chi connectivity index (χ4v) is 4.64. The van der Waals surface area contributed by atoms with E-state index in [2.05, 4.69) is 13.8 Å². The van der Waals surface area contributed by atoms with Gasteiger partial charge in [-0.25, -0.2) is 0 Å². The molecule has 0 radical (unpaired) electrons. The molecule has 2 nitrogen and oxygen atoms in total. The van der Waals surface area contributed by atoms with Crippen molar-refractivity contribution in [2.24, 2.45) is 23.0 Å². The lowest BCUT2D eigenvalue weighted by Crippen LogP contribution is -2.56. The van der Waals surface area contributed by atoms with Crippen LogP contribution in [0.4, 0.5) is 0 Å². The molecule has 2 aliphatic carbocycles. The number of rotatable bonds is 3. The third kappa shape index (κ3) is 2.46. The molecular weight excluding hydrogens is 222 g/mol. The molecule has 2 fully saturated rings. The van der Waals surface area contributed by atoms with Crippen LogP contribution in [0, 0.1) is 17.3 Å². The van der Waals surface area contributed by atoms with E-state index < -0.39 is 5.60 Å². The minimum atomic E-state index is -0.479. The molecule has 18 heavy (non-hydrogen) atoms. The Morgan fingerprint density at radius 3 is 2.50 bits per heavy atom. The predicted molar refractivity (Wildman–Crippen MR) is 76.3 cm³/mol. The molecule has 0 spiro atoms. The highest BCUT2D eigenvalue weighted by atomic mass is 16.3. The molecule has 0 amide bonds. The summed E-state index contributed by atoms with van der Waals surface area (Å²) in [5.41, 5.74) is 5.69. The van der Waals surface area contributed by atoms with Crippen LogP contribution in [0.15, 0.2) is 0 Å². The van der Waals surface area contributed by atoms with Gasteiger partial charge in [-0.1, -0.05) is 46.0 Å². The van der Waals surface area contributed by atoms with E-state index in [-0.39, 0.29) is 5.41 Å². The first-order valence-corrected chi connectivity index (χ1v) is 7.98. The van der Waals surface area contributed by atoms with Gasteiger partial charge in [0.1, 0.15) is 0 Å². The molecule has 3 N–H and O–H groups in total. The fraction of sp³-hybridized carbons (Fsp3) is 1.00. The van der Waals surface area contributed by atoms with Crippen molar-refractivity contribution in [3.63, 3.8) is 0 Å². The largest absolute Gasteiger partial charge is 0.389 e. The van der Waals surface area contributed by atoms with Crippen molar-refractivity contribution in [1.82, 2.24) is 0 Å². The van der Waals surface area contributed by atoms with Crippen LogP contribution in [0.3, 0.4) is 0 Å². The van der Waals surface area contributed by atoms with Crippen LogP contribution in [0.2, 0.25) is 0 Å². The van der Waals surface area contributed by atoms with Crippen molar-refractivity contribution in [2.45, 2.75) is 77.2 Å². The lowest BCUT2D eigenvalue weighted by atomic mass is 9.55. The third-order valence-corrected chi connectivity index (χ3v) is 5.88. The molecule has 4 unspecified atom stereocenters. The Bertz CT molecular complexity index is 280. The normalized spacial score (nSPS) is 46.0. The van der Waals surface area contributed by atoms with Gasteiger partial charge in [-0.05, 0) is 37.5 Å². The maximum atomic E-state index is 11.3. The summed E-state index contributed by atoms with van der Waals surface area (Å²) in [6.45, 7) is 5.24. The van der Waals surface area contributed by atoms with Gasteiger partial charge in [0, 0.05) is 12.0 Å². The molecule has 106 valence electrons. The summed E-state index contributed by atoms with van der Waals surface area (Å²) in [6.07, 6.45) is 10.5. The molecule has 0 aromatic heterocycles. The van der Waals surface area contributed by atoms with Crippen LogP contribution in [-0.4, -0.2) is 17.3 Å². The van der Waals surface area contributed by atoms with Gasteiger partial charge in [0.2, 0.25) is 0 Å². The van der Waals surface area contributed by atoms with Crippen LogP contribution >= 0.6 is 0 Å². The van der Waals surface area contributed by atoms with Crippen LogP contribution in [-0.2, 0) is 0 Å². The second-order valence-corrected chi connectivity index (χ2v) is 7.09. The molecule has 0 aliphatic heterocycles. The fourth-order valence-electron chi connectivity index (χ4n) is 4.64. The predicted octanol–water partition coefficient (Wildman–Crippen LogP) is 3.47. The highest BCUT2D eigenvalue weighted by Gasteiger charge is 2.52. The number of hydrogen-bond donors (Lipinski definition) is 2. The van der Waals surface area contributed by atoms with Crippen LogP contribution in [0.5, 0.6) is 0 Å². The molecule has 0 aromatic rings. The standard InChI is InChI=1S/C16H31NO/c1-3-14-7-5-8-15(11-14,12-17)16(18)9-4-6-13(2)10-16/h13-14,18H,3-12,17H2,1-2H3. The average Bonchev–Trinajstić information content (AvgIpc) is 2.38. The van der Waals surface area contributed by atoms with Gasteiger partial charge in [-0.2, -0.15) is 0 Å². The van der Waals surface area contributed by atoms with E-state index >= 15 is 0 Å². The molecular formula is C16H31NO. The van der Waals surface area contributed by atoms with E-state index in [4.69, 9.17) is 5.73 Å². The lowest BCUT2D eigenvalue weighted by Gasteiger charge is -2.54. The van der Waals surface area contributed by atoms with Gasteiger partial charge in [0.05, 0.1) is 5.60 Å². The lowest BCUT2D eigenvalue weighted by molar-refractivity contribution is -0.139. The van der Waals surface area contributed by atoms with Crippen molar-refractivity contribution >= 4 is 0 Å². The maximum absolute atomic E-state index is 11.3. The number of hydrogen-bond acceptors (Lipinski definition) is 2. The van der Waals surface area contributed by atoms with Crippen molar-refractivity contribution in [3.05, 3.63) is 0 Å². The Kier molecular flexibility index (Phi) is 4.38. The van der Waals surface area contributed by atoms with E-state index in [9.17, 15) is 5.11 Å². The quantitative estimate of drug-likeness (QED) is 0.809. The Balaban J connectivity index is 2.19. The first-order chi connectivity index (χ1) is 8.55. The summed E-state index contributed by atoms with van der Waals surface area (Å²) in [7, 11) is 0. The molecule has 4 atom stereocenters. The number of aliphatic hydroxyl groups is 1. The second-order valence-electron chi connectivity index (χ2n) is 7.09. The second kappa shape index (κ2) is 5.50. The SMILES string of the molecule is CCC1CCCC(CN)(C2(O)CCCC(C)C2)C1. The zero-order valence-corrected chi connectivity index (χ0v) is 12.3. The van der Waals surface area contributed by atoms with Gasteiger partial charge in [0.15, 0.2) is 0 Å². The summed E-state index contributed by atoms with van der Waals surface area (Å²) < 4.78 is 0. The minimum absolute atomic E-state index is 0.0145. The maximum Gasteiger partial charge on any atom is 0.0718 e. The van der Waals surface area contributed by atoms with Gasteiger partial charge in [-0.3, -0.25) is 0 Å². The van der Waals surface area contributed by atoms with Gasteiger partial charge in [0.25, 0.3) is 0 Å². The van der Waals surface area contributed by atoms with Gasteiger partial charge in [-0.15, -0.1) is 0 Å². The van der Waals surface area contributed by atoms with Crippen LogP contribution in [0.1, 0.15) is 71.6 Å². The summed E-state index contributed by atoms with van der Waals surface area (Å²) in [5.74, 6) is 1.44. The topological polar surface area (TPSA) is 46.2 Å². The molecule has 2 saturated carbocycles. The Morgan fingerprint density at radius 2 is 1.89 bits per heavy atom. The van der Waals surface area contributed by atoms with Crippen molar-refractivity contribution in [2.75, 3.05) is 6.54 Å². The monoisotopic (exact) mass is 253 g/mol. The van der Waals surface area contributed by atoms with Gasteiger partial charge < -0.3 is 10.8 Å². The highest BCUT2D eigenvalue weighted by molar-refractivity contribution is 5.04. The van der Waals surface area contributed by atoms with E-state index in [0.717, 1.165) is 31.6 Å². The molecule has 2 heteroatoms. The summed E-state index contributed by atoms with van der Waals surface area (Å²) in [5, 5.41) is 11.3. The highest BCUT2D eigenvalue weighted by Crippen LogP contribution is 2.53. The number of nitrogens with two attached hydrogens (primary N) is 1. The van der Waals surface area contributed by atoms with Crippen LogP contribution in [0.25, 0.3) is 0 Å². The molecule has 0 saturated heterocycles. The Labute approximate surface area is 112 Å². The molecule has 0 aromatic carbocycles. The van der Waals surface area contributed by atoms with Crippen molar-refractivity contribution < 1.29 is 5.11 Å². The first kappa shape index (κ1) is 14.3. The zero-order chi connectivity index (χ0) is 13.2. The average molecular weight is 253 g/mol. The molecule has 2 rings (SSSR count). The van der Waals surface area contributed by atoms with E-state index in [1.165, 1.54) is 32.1 Å². The van der Waals surface area contributed by atoms with Crippen molar-refractivity contribution in [1.29, 1.82) is 0 Å². The summed E-state index contributed by atoms with van der Waals surface area (Å²) in [4.78, 5) is 0. The minimum Gasteiger partial charge on any atom is -0.389 e. The zero-order valence-electron chi connectivity index (χ0n) is 12.3. The van der Waals surface area contributed by atoms with E-state index in [0.29, 0.717) is 12.5 Å². The smallest absolute Gasteiger partial charge is 0.0718 e. The Morgan fingerprint density at radius 1 is 1.17 bits per heavy atom. The van der Waals surface area contributed by atoms with Crippen LogP contribution < -0.4 is 5.73 Å². The third-order valence-electron chi connectivity index (χ3n) is 5.88. The summed E-state index contributed by atoms with van der Waals surface area (Å²) >= 11 is 0.